The first-order valence-corrected chi connectivity index (χ1v) is 9.24. The van der Waals surface area contributed by atoms with Gasteiger partial charge in [0.2, 0.25) is 11.6 Å². The predicted octanol–water partition coefficient (Wildman–Crippen LogP) is 1.77. The van der Waals surface area contributed by atoms with Gasteiger partial charge >= 0.3 is 6.03 Å². The number of rotatable bonds is 6. The van der Waals surface area contributed by atoms with Crippen LogP contribution in [0.2, 0.25) is 0 Å². The number of aryl methyl sites for hydroxylation is 1. The molecular weight excluding hydrogens is 372 g/mol. The number of urea groups is 1. The number of ether oxygens (including phenoxy) is 1. The summed E-state index contributed by atoms with van der Waals surface area (Å²) in [7, 11) is 3.83. The van der Waals surface area contributed by atoms with E-state index in [0.717, 1.165) is 12.0 Å². The van der Waals surface area contributed by atoms with Crippen LogP contribution in [0.25, 0.3) is 0 Å². The average Bonchev–Trinajstić information content (AvgIpc) is 2.72. The summed E-state index contributed by atoms with van der Waals surface area (Å²) >= 11 is 0. The van der Waals surface area contributed by atoms with E-state index in [-0.39, 0.29) is 11.3 Å². The lowest BCUT2D eigenvalue weighted by Gasteiger charge is -2.35. The third kappa shape index (κ3) is 3.81. The first kappa shape index (κ1) is 20.4. The first-order valence-electron chi connectivity index (χ1n) is 9.24. The van der Waals surface area contributed by atoms with Crippen molar-refractivity contribution in [1.82, 2.24) is 19.4 Å². The third-order valence-electron chi connectivity index (χ3n) is 4.93. The lowest BCUT2D eigenvalue weighted by atomic mass is 10.0. The Hall–Kier alpha value is -3.35. The molecule has 1 unspecified atom stereocenters. The molecule has 3 heterocycles. The largest absolute Gasteiger partial charge is 0.490 e. The molecule has 1 aliphatic rings. The van der Waals surface area contributed by atoms with Crippen LogP contribution in [-0.4, -0.2) is 61.0 Å². The summed E-state index contributed by atoms with van der Waals surface area (Å²) in [6, 6.07) is 6.39. The van der Waals surface area contributed by atoms with Gasteiger partial charge < -0.3 is 15.4 Å². The number of hydrogen-bond donors (Lipinski definition) is 1. The van der Waals surface area contributed by atoms with Crippen molar-refractivity contribution in [3.63, 3.8) is 0 Å². The number of nitriles is 1. The average molecular weight is 395 g/mol. The van der Waals surface area contributed by atoms with Crippen LogP contribution < -0.4 is 15.0 Å². The van der Waals surface area contributed by atoms with Crippen LogP contribution in [0.3, 0.4) is 0 Å². The maximum atomic E-state index is 12.7. The van der Waals surface area contributed by atoms with E-state index in [2.05, 4.69) is 16.0 Å². The van der Waals surface area contributed by atoms with Gasteiger partial charge in [-0.05, 0) is 32.6 Å². The molecule has 9 heteroatoms. The highest BCUT2D eigenvalue weighted by Crippen LogP contribution is 2.40. The fraction of sp³-hybridized carbons (Fsp3) is 0.350. The Kier molecular flexibility index (Phi) is 5.87. The normalized spacial score (nSPS) is 18.0. The number of hydrogen-bond acceptors (Lipinski definition) is 7. The van der Waals surface area contributed by atoms with E-state index >= 15 is 0 Å². The van der Waals surface area contributed by atoms with Crippen molar-refractivity contribution in [2.24, 2.45) is 5.73 Å². The van der Waals surface area contributed by atoms with Gasteiger partial charge in [0.25, 0.3) is 0 Å². The molecule has 0 saturated carbocycles. The van der Waals surface area contributed by atoms with Crippen LogP contribution in [-0.2, 0) is 6.42 Å². The minimum atomic E-state index is -0.655. The molecule has 9 nitrogen and oxygen atoms in total. The van der Waals surface area contributed by atoms with Crippen molar-refractivity contribution in [3.05, 3.63) is 41.2 Å². The Morgan fingerprint density at radius 1 is 1.45 bits per heavy atom. The Labute approximate surface area is 168 Å². The molecule has 0 aromatic carbocycles. The van der Waals surface area contributed by atoms with Crippen molar-refractivity contribution < 1.29 is 14.3 Å². The van der Waals surface area contributed by atoms with E-state index in [1.54, 1.807) is 18.2 Å². The second-order valence-electron chi connectivity index (χ2n) is 7.11. The van der Waals surface area contributed by atoms with Crippen LogP contribution >= 0.6 is 0 Å². The maximum Gasteiger partial charge on any atom is 0.426 e. The van der Waals surface area contributed by atoms with E-state index in [1.165, 1.54) is 6.20 Å². The standard InChI is InChI=1S/C20H22N6O3/c1-25(2)7-9-29-17-10-18(23-12-15(17)11-21)26(20(22)28)8-3-4-14-5-6-16(13-27)24-19(14)26/h5-6,10,12-13H,3-4,7-9H2,1-2H3,(H-,22,28)/p+1. The van der Waals surface area contributed by atoms with Crippen molar-refractivity contribution in [3.8, 4) is 11.8 Å². The summed E-state index contributed by atoms with van der Waals surface area (Å²) in [6.07, 6.45) is 3.42. The molecule has 3 rings (SSSR count). The predicted molar refractivity (Wildman–Crippen MR) is 107 cm³/mol. The van der Waals surface area contributed by atoms with E-state index < -0.39 is 10.5 Å². The number of carbonyl (C=O) groups is 2. The number of aromatic nitrogens is 2. The number of quaternary nitrogens is 1. The highest BCUT2D eigenvalue weighted by atomic mass is 16.5. The Morgan fingerprint density at radius 2 is 2.24 bits per heavy atom. The van der Waals surface area contributed by atoms with Crippen LogP contribution in [0, 0.1) is 11.3 Å². The SMILES string of the molecule is CN(C)CCOc1cc([N+]2(C(N)=O)CCCc3ccc(C=O)nc32)ncc1C#N. The second kappa shape index (κ2) is 8.34. The summed E-state index contributed by atoms with van der Waals surface area (Å²) in [5.41, 5.74) is 7.17. The van der Waals surface area contributed by atoms with Gasteiger partial charge in [-0.15, -0.1) is 4.48 Å². The lowest BCUT2D eigenvalue weighted by Crippen LogP contribution is -2.56. The van der Waals surface area contributed by atoms with E-state index in [1.807, 2.05) is 19.0 Å². The Bertz CT molecular complexity index is 985. The fourth-order valence-corrected chi connectivity index (χ4v) is 3.42. The summed E-state index contributed by atoms with van der Waals surface area (Å²) in [5.74, 6) is 1.04. The number of likely N-dealkylation sites (N-methyl/N-ethyl adjacent to an activating group) is 1. The van der Waals surface area contributed by atoms with Crippen molar-refractivity contribution in [1.29, 1.82) is 5.26 Å². The summed E-state index contributed by atoms with van der Waals surface area (Å²) in [5, 5.41) is 9.40. The molecule has 2 N–H and O–H groups in total. The quantitative estimate of drug-likeness (QED) is 0.584. The molecule has 2 aromatic rings. The molecule has 1 atom stereocenters. The number of fused-ring (bicyclic) bond motifs is 1. The van der Waals surface area contributed by atoms with Crippen molar-refractivity contribution in [2.75, 3.05) is 33.8 Å². The number of aldehydes is 1. The molecule has 150 valence electrons. The number of carbonyl (C=O) groups excluding carboxylic acids is 2. The molecule has 0 radical (unpaired) electrons. The highest BCUT2D eigenvalue weighted by Gasteiger charge is 2.47. The number of primary amides is 1. The molecule has 29 heavy (non-hydrogen) atoms. The highest BCUT2D eigenvalue weighted by molar-refractivity contribution is 5.92. The molecule has 0 fully saturated rings. The molecule has 0 bridgehead atoms. The molecule has 0 spiro atoms. The Morgan fingerprint density at radius 3 is 2.90 bits per heavy atom. The zero-order valence-electron chi connectivity index (χ0n) is 16.5. The smallest absolute Gasteiger partial charge is 0.426 e. The van der Waals surface area contributed by atoms with Gasteiger partial charge in [-0.3, -0.25) is 4.79 Å². The zero-order valence-corrected chi connectivity index (χ0v) is 16.5. The van der Waals surface area contributed by atoms with Crippen molar-refractivity contribution >= 4 is 24.0 Å². The Balaban J connectivity index is 2.13. The molecule has 0 aliphatic carbocycles. The van der Waals surface area contributed by atoms with Crippen LogP contribution in [0.5, 0.6) is 5.75 Å². The topological polar surface area (TPSA) is 122 Å². The van der Waals surface area contributed by atoms with E-state index in [9.17, 15) is 14.9 Å². The summed E-state index contributed by atoms with van der Waals surface area (Å²) in [6.45, 7) is 1.38. The second-order valence-corrected chi connectivity index (χ2v) is 7.11. The summed E-state index contributed by atoms with van der Waals surface area (Å²) in [4.78, 5) is 34.7. The van der Waals surface area contributed by atoms with Gasteiger partial charge in [0.1, 0.15) is 36.2 Å². The summed E-state index contributed by atoms with van der Waals surface area (Å²) < 4.78 is 5.36. The number of nitrogens with zero attached hydrogens (tertiary/aromatic N) is 5. The lowest BCUT2D eigenvalue weighted by molar-refractivity contribution is 0.111. The van der Waals surface area contributed by atoms with Gasteiger partial charge in [0.15, 0.2) is 6.29 Å². The first-order chi connectivity index (χ1) is 13.9. The molecular formula is C20H23N6O3+. The van der Waals surface area contributed by atoms with E-state index in [4.69, 9.17) is 10.5 Å². The number of amides is 2. The molecule has 2 amide bonds. The minimum absolute atomic E-state index is 0.213. The van der Waals surface area contributed by atoms with Gasteiger partial charge in [-0.25, -0.2) is 9.78 Å². The van der Waals surface area contributed by atoms with Gasteiger partial charge in [-0.2, -0.15) is 10.2 Å². The van der Waals surface area contributed by atoms with Crippen LogP contribution in [0.4, 0.5) is 16.4 Å². The number of nitrogens with two attached hydrogens (primary N) is 1. The molecule has 0 saturated heterocycles. The maximum absolute atomic E-state index is 12.7. The number of pyridine rings is 2. The minimum Gasteiger partial charge on any atom is -0.490 e. The van der Waals surface area contributed by atoms with Crippen LogP contribution in [0.1, 0.15) is 28.0 Å². The van der Waals surface area contributed by atoms with Gasteiger partial charge in [-0.1, -0.05) is 0 Å². The third-order valence-corrected chi connectivity index (χ3v) is 4.93. The zero-order chi connectivity index (χ0) is 21.0. The van der Waals surface area contributed by atoms with Crippen molar-refractivity contribution in [2.45, 2.75) is 12.8 Å². The van der Waals surface area contributed by atoms with Gasteiger partial charge in [0, 0.05) is 18.5 Å². The molecule has 1 aliphatic heterocycles. The van der Waals surface area contributed by atoms with E-state index in [0.29, 0.717) is 49.8 Å². The molecule has 2 aromatic heterocycles. The van der Waals surface area contributed by atoms with Crippen LogP contribution in [0.15, 0.2) is 24.4 Å². The monoisotopic (exact) mass is 395 g/mol. The fourth-order valence-electron chi connectivity index (χ4n) is 3.42. The van der Waals surface area contributed by atoms with Gasteiger partial charge in [0.05, 0.1) is 12.3 Å².